The largest absolute Gasteiger partial charge is 0.481 e. The number of fused-ring (bicyclic) bond motifs is 3. The second-order valence-corrected chi connectivity index (χ2v) is 9.45. The average molecular weight is 346 g/mol. The van der Waals surface area contributed by atoms with Crippen molar-refractivity contribution in [2.24, 2.45) is 39.9 Å². The van der Waals surface area contributed by atoms with E-state index in [1.807, 2.05) is 6.92 Å². The molecule has 0 aliphatic heterocycles. The lowest BCUT2D eigenvalue weighted by atomic mass is 9.53. The van der Waals surface area contributed by atoms with Gasteiger partial charge in [-0.1, -0.05) is 25.5 Å². The highest BCUT2D eigenvalue weighted by Crippen LogP contribution is 2.76. The molecule has 136 valence electrons. The predicted octanol–water partition coefficient (Wildman–Crippen LogP) is 3.14. The number of Topliss-reactive ketones (excluding diaryl/α,β-unsaturated/α-hetero) is 1. The molecular weight excluding hydrogens is 320 g/mol. The molecule has 0 aromatic carbocycles. The van der Waals surface area contributed by atoms with Crippen molar-refractivity contribution in [1.82, 2.24) is 0 Å². The van der Waals surface area contributed by atoms with Gasteiger partial charge in [-0.25, -0.2) is 0 Å². The molecule has 1 spiro atoms. The van der Waals surface area contributed by atoms with Crippen LogP contribution < -0.4 is 0 Å². The van der Waals surface area contributed by atoms with Gasteiger partial charge in [-0.05, 0) is 55.3 Å². The summed E-state index contributed by atoms with van der Waals surface area (Å²) in [5.74, 6) is -3.29. The lowest BCUT2D eigenvalue weighted by molar-refractivity contribution is -0.166. The molecule has 4 aliphatic rings. The van der Waals surface area contributed by atoms with Gasteiger partial charge in [0.15, 0.2) is 0 Å². The number of ketones is 1. The third-order valence-corrected chi connectivity index (χ3v) is 8.28. The molecule has 0 aromatic heterocycles. The number of carboxylic acids is 2. The first kappa shape index (κ1) is 16.8. The molecule has 2 bridgehead atoms. The third-order valence-electron chi connectivity index (χ3n) is 8.28. The van der Waals surface area contributed by atoms with Gasteiger partial charge in [0.2, 0.25) is 0 Å². The summed E-state index contributed by atoms with van der Waals surface area (Å²) in [6, 6.07) is 0. The number of hydrogen-bond acceptors (Lipinski definition) is 3. The van der Waals surface area contributed by atoms with Crippen LogP contribution in [0, 0.1) is 39.9 Å². The number of carbonyl (C=O) groups excluding carboxylic acids is 1. The van der Waals surface area contributed by atoms with Crippen molar-refractivity contribution in [3.63, 3.8) is 0 Å². The third kappa shape index (κ3) is 1.77. The van der Waals surface area contributed by atoms with Crippen LogP contribution in [0.15, 0.2) is 12.2 Å². The Bertz CT molecular complexity index is 711. The zero-order valence-corrected chi connectivity index (χ0v) is 14.9. The van der Waals surface area contributed by atoms with Crippen molar-refractivity contribution < 1.29 is 24.6 Å². The van der Waals surface area contributed by atoms with Gasteiger partial charge in [-0.15, -0.1) is 0 Å². The SMILES string of the molecule is C=C1C[C@]23C[C@H]1CC(=O)[C@H]2[C@]1(C)CCC[C@@](C)(C(=O)O)[C@H]1[C@@H]3C(=O)O. The first-order valence-corrected chi connectivity index (χ1v) is 9.24. The molecule has 4 aliphatic carbocycles. The van der Waals surface area contributed by atoms with Crippen LogP contribution in [0.1, 0.15) is 52.4 Å². The lowest BCUT2D eigenvalue weighted by Crippen LogP contribution is -2.51. The normalized spacial score (nSPS) is 51.1. The zero-order chi connectivity index (χ0) is 18.4. The van der Waals surface area contributed by atoms with Crippen LogP contribution in [0.5, 0.6) is 0 Å². The maximum atomic E-state index is 13.1. The van der Waals surface area contributed by atoms with E-state index in [2.05, 4.69) is 6.58 Å². The molecule has 0 saturated heterocycles. The van der Waals surface area contributed by atoms with Gasteiger partial charge in [0.1, 0.15) is 5.78 Å². The van der Waals surface area contributed by atoms with Crippen molar-refractivity contribution in [3.05, 3.63) is 12.2 Å². The molecule has 4 fully saturated rings. The summed E-state index contributed by atoms with van der Waals surface area (Å²) in [6.45, 7) is 7.82. The second-order valence-electron chi connectivity index (χ2n) is 9.45. The van der Waals surface area contributed by atoms with Gasteiger partial charge in [-0.2, -0.15) is 0 Å². The number of rotatable bonds is 2. The molecule has 0 aromatic rings. The Kier molecular flexibility index (Phi) is 3.19. The van der Waals surface area contributed by atoms with Crippen molar-refractivity contribution in [2.45, 2.75) is 52.4 Å². The maximum Gasteiger partial charge on any atom is 0.309 e. The molecule has 0 amide bonds. The second kappa shape index (κ2) is 4.74. The number of hydrogen-bond donors (Lipinski definition) is 2. The smallest absolute Gasteiger partial charge is 0.309 e. The van der Waals surface area contributed by atoms with Crippen molar-refractivity contribution in [3.8, 4) is 0 Å². The Morgan fingerprint density at radius 2 is 1.88 bits per heavy atom. The fourth-order valence-electron chi connectivity index (χ4n) is 7.71. The molecule has 0 unspecified atom stereocenters. The van der Waals surface area contributed by atoms with Crippen LogP contribution in [0.2, 0.25) is 0 Å². The first-order valence-electron chi connectivity index (χ1n) is 9.24. The molecule has 25 heavy (non-hydrogen) atoms. The predicted molar refractivity (Wildman–Crippen MR) is 89.7 cm³/mol. The van der Waals surface area contributed by atoms with E-state index in [9.17, 15) is 24.6 Å². The fraction of sp³-hybridized carbons (Fsp3) is 0.750. The van der Waals surface area contributed by atoms with Gasteiger partial charge in [0.25, 0.3) is 0 Å². The van der Waals surface area contributed by atoms with Crippen LogP contribution in [-0.2, 0) is 14.4 Å². The minimum absolute atomic E-state index is 0.0745. The van der Waals surface area contributed by atoms with Gasteiger partial charge >= 0.3 is 11.9 Å². The summed E-state index contributed by atoms with van der Waals surface area (Å²) >= 11 is 0. The van der Waals surface area contributed by atoms with Crippen LogP contribution in [0.25, 0.3) is 0 Å². The summed E-state index contributed by atoms with van der Waals surface area (Å²) in [5.41, 5.74) is -1.30. The van der Waals surface area contributed by atoms with E-state index in [0.29, 0.717) is 25.7 Å². The number of allylic oxidation sites excluding steroid dienone is 1. The van der Waals surface area contributed by atoms with Crippen LogP contribution in [0.3, 0.4) is 0 Å². The van der Waals surface area contributed by atoms with Crippen molar-refractivity contribution >= 4 is 17.7 Å². The molecular formula is C20H26O5. The number of carbonyl (C=O) groups is 3. The quantitative estimate of drug-likeness (QED) is 0.750. The Morgan fingerprint density at radius 1 is 1.20 bits per heavy atom. The van der Waals surface area contributed by atoms with Crippen molar-refractivity contribution in [2.75, 3.05) is 0 Å². The fourth-order valence-corrected chi connectivity index (χ4v) is 7.71. The van der Waals surface area contributed by atoms with E-state index in [0.717, 1.165) is 18.4 Å². The summed E-state index contributed by atoms with van der Waals surface area (Å²) in [6.07, 6.45) is 3.64. The number of carboxylic acid groups (broad SMARTS) is 2. The Morgan fingerprint density at radius 3 is 2.48 bits per heavy atom. The Balaban J connectivity index is 1.97. The lowest BCUT2D eigenvalue weighted by Gasteiger charge is -2.49. The topological polar surface area (TPSA) is 91.7 Å². The molecule has 0 radical (unpaired) electrons. The van der Waals surface area contributed by atoms with E-state index in [4.69, 9.17) is 0 Å². The monoisotopic (exact) mass is 346 g/mol. The van der Waals surface area contributed by atoms with Gasteiger partial charge in [0, 0.05) is 12.3 Å². The number of aliphatic carboxylic acids is 2. The molecule has 0 heterocycles. The summed E-state index contributed by atoms with van der Waals surface area (Å²) in [5, 5.41) is 20.2. The Labute approximate surface area is 147 Å². The maximum absolute atomic E-state index is 13.1. The molecule has 2 N–H and O–H groups in total. The molecule has 5 nitrogen and oxygen atoms in total. The standard InChI is InChI=1S/C20H26O5/c1-10-8-20-9-11(10)7-12(21)14(20)18(2)5-4-6-19(3,17(24)25)15(18)13(20)16(22)23/h11,13-15H,1,4-9H2,2-3H3,(H,22,23)(H,24,25)/t11-,13-,14+,15+,18+,19-,20-/m1/s1. The molecule has 4 rings (SSSR count). The van der Waals surface area contributed by atoms with E-state index >= 15 is 0 Å². The van der Waals surface area contributed by atoms with Gasteiger partial charge in [0.05, 0.1) is 11.3 Å². The van der Waals surface area contributed by atoms with Crippen LogP contribution in [0.4, 0.5) is 0 Å². The van der Waals surface area contributed by atoms with Gasteiger partial charge < -0.3 is 10.2 Å². The Hall–Kier alpha value is -1.65. The summed E-state index contributed by atoms with van der Waals surface area (Å²) in [4.78, 5) is 37.7. The van der Waals surface area contributed by atoms with Crippen molar-refractivity contribution in [1.29, 1.82) is 0 Å². The molecule has 7 atom stereocenters. The van der Waals surface area contributed by atoms with Crippen LogP contribution >= 0.6 is 0 Å². The average Bonchev–Trinajstić information content (AvgIpc) is 2.88. The summed E-state index contributed by atoms with van der Waals surface area (Å²) in [7, 11) is 0. The highest BCUT2D eigenvalue weighted by atomic mass is 16.4. The van der Waals surface area contributed by atoms with E-state index in [1.165, 1.54) is 0 Å². The minimum atomic E-state index is -1.10. The molecule has 5 heteroatoms. The zero-order valence-electron chi connectivity index (χ0n) is 14.9. The highest BCUT2D eigenvalue weighted by Gasteiger charge is 2.77. The molecule has 4 saturated carbocycles. The highest BCUT2D eigenvalue weighted by molar-refractivity contribution is 5.89. The van der Waals surface area contributed by atoms with E-state index in [1.54, 1.807) is 6.92 Å². The van der Waals surface area contributed by atoms with Crippen LogP contribution in [-0.4, -0.2) is 27.9 Å². The summed E-state index contributed by atoms with van der Waals surface area (Å²) < 4.78 is 0. The van der Waals surface area contributed by atoms with E-state index < -0.39 is 40.0 Å². The first-order chi connectivity index (χ1) is 11.6. The van der Waals surface area contributed by atoms with Gasteiger partial charge in [-0.3, -0.25) is 14.4 Å². The minimum Gasteiger partial charge on any atom is -0.481 e. The van der Waals surface area contributed by atoms with E-state index in [-0.39, 0.29) is 17.6 Å².